The molecule has 34 heavy (non-hydrogen) atoms. The number of anilines is 2. The molecule has 1 fully saturated rings. The zero-order chi connectivity index (χ0) is 24.2. The van der Waals surface area contributed by atoms with Gasteiger partial charge in [0, 0.05) is 31.0 Å². The van der Waals surface area contributed by atoms with E-state index in [2.05, 4.69) is 9.97 Å². The maximum Gasteiger partial charge on any atom is 0.416 e. The van der Waals surface area contributed by atoms with Gasteiger partial charge in [-0.3, -0.25) is 9.36 Å². The van der Waals surface area contributed by atoms with Crippen LogP contribution < -0.4 is 9.80 Å². The molecule has 2 aromatic heterocycles. The van der Waals surface area contributed by atoms with Gasteiger partial charge in [0.1, 0.15) is 23.4 Å². The number of likely N-dealkylation sites (N-methyl/N-ethyl adjacent to an activating group) is 1. The Morgan fingerprint density at radius 2 is 1.91 bits per heavy atom. The fourth-order valence-electron chi connectivity index (χ4n) is 4.53. The van der Waals surface area contributed by atoms with Crippen molar-refractivity contribution >= 4 is 17.4 Å². The first-order valence-electron chi connectivity index (χ1n) is 11.0. The van der Waals surface area contributed by atoms with Crippen LogP contribution in [0.15, 0.2) is 36.8 Å². The number of amides is 1. The number of aromatic nitrogens is 4. The highest BCUT2D eigenvalue weighted by atomic mass is 19.4. The lowest BCUT2D eigenvalue weighted by molar-refractivity contribution is -0.137. The van der Waals surface area contributed by atoms with Gasteiger partial charge in [-0.2, -0.15) is 18.2 Å². The Kier molecular flexibility index (Phi) is 5.29. The summed E-state index contributed by atoms with van der Waals surface area (Å²) >= 11 is 0. The molecule has 7 nitrogen and oxygen atoms in total. The first-order valence-corrected chi connectivity index (χ1v) is 11.0. The average Bonchev–Trinajstić information content (AvgIpc) is 3.25. The van der Waals surface area contributed by atoms with Crippen molar-refractivity contribution in [1.82, 2.24) is 19.5 Å². The summed E-state index contributed by atoms with van der Waals surface area (Å²) in [6.45, 7) is 1.95. The van der Waals surface area contributed by atoms with Crippen molar-refractivity contribution in [3.8, 4) is 17.3 Å². The number of rotatable bonds is 4. The van der Waals surface area contributed by atoms with E-state index < -0.39 is 17.6 Å². The molecule has 0 saturated heterocycles. The lowest BCUT2D eigenvalue weighted by atomic mass is 9.88. The van der Waals surface area contributed by atoms with Crippen LogP contribution in [0.5, 0.6) is 0 Å². The third kappa shape index (κ3) is 3.59. The number of fused-ring (bicyclic) bond motifs is 1. The molecule has 1 atom stereocenters. The highest BCUT2D eigenvalue weighted by molar-refractivity contribution is 6.04. The number of halogens is 4. The third-order valence-electron chi connectivity index (χ3n) is 6.49. The number of carbonyl (C=O) groups excluding carboxylic acids is 1. The SMILES string of the molecule is CC[C@@H]1C(=O)N(C)c2cnc(-n3ccnc3-c3cc(F)cc(C(F)(F)F)c3)nc2N1C1CCC1. The molecule has 178 valence electrons. The largest absolute Gasteiger partial charge is 0.416 e. The molecule has 0 radical (unpaired) electrons. The van der Waals surface area contributed by atoms with Crippen molar-refractivity contribution in [3.05, 3.63) is 48.2 Å². The molecule has 2 aliphatic rings. The highest BCUT2D eigenvalue weighted by Gasteiger charge is 2.42. The van der Waals surface area contributed by atoms with Crippen molar-refractivity contribution in [2.45, 2.75) is 50.9 Å². The van der Waals surface area contributed by atoms with Crippen LogP contribution in [0, 0.1) is 5.82 Å². The fraction of sp³-hybridized carbons (Fsp3) is 0.391. The van der Waals surface area contributed by atoms with E-state index in [-0.39, 0.29) is 35.3 Å². The van der Waals surface area contributed by atoms with Crippen LogP contribution >= 0.6 is 0 Å². The number of hydrogen-bond acceptors (Lipinski definition) is 5. The van der Waals surface area contributed by atoms with Gasteiger partial charge in [0.15, 0.2) is 5.82 Å². The maximum absolute atomic E-state index is 14.0. The summed E-state index contributed by atoms with van der Waals surface area (Å²) in [4.78, 5) is 29.8. The molecular formula is C23H22F4N6O. The molecule has 1 aliphatic heterocycles. The number of carbonyl (C=O) groups is 1. The predicted octanol–water partition coefficient (Wildman–Crippen LogP) is 4.60. The number of imidazole rings is 1. The van der Waals surface area contributed by atoms with Crippen LogP contribution in [0.25, 0.3) is 17.3 Å². The number of nitrogens with zero attached hydrogens (tertiary/aromatic N) is 6. The summed E-state index contributed by atoms with van der Waals surface area (Å²) in [7, 11) is 1.68. The molecule has 0 unspecified atom stereocenters. The van der Waals surface area contributed by atoms with Crippen LogP contribution in [0.1, 0.15) is 38.2 Å². The van der Waals surface area contributed by atoms with Crippen LogP contribution in [0.2, 0.25) is 0 Å². The van der Waals surface area contributed by atoms with E-state index in [9.17, 15) is 22.4 Å². The molecule has 3 heterocycles. The van der Waals surface area contributed by atoms with Crippen LogP contribution in [-0.2, 0) is 11.0 Å². The topological polar surface area (TPSA) is 67.2 Å². The van der Waals surface area contributed by atoms with Gasteiger partial charge < -0.3 is 9.80 Å². The molecule has 1 saturated carbocycles. The summed E-state index contributed by atoms with van der Waals surface area (Å²) in [5, 5.41) is 0. The second-order valence-corrected chi connectivity index (χ2v) is 8.54. The van der Waals surface area contributed by atoms with Gasteiger partial charge in [-0.15, -0.1) is 0 Å². The van der Waals surface area contributed by atoms with Crippen molar-refractivity contribution in [3.63, 3.8) is 0 Å². The molecule has 0 spiro atoms. The van der Waals surface area contributed by atoms with Gasteiger partial charge in [-0.1, -0.05) is 6.92 Å². The summed E-state index contributed by atoms with van der Waals surface area (Å²) < 4.78 is 55.2. The van der Waals surface area contributed by atoms with Gasteiger partial charge in [0.25, 0.3) is 0 Å². The minimum Gasteiger partial charge on any atom is -0.340 e. The fourth-order valence-corrected chi connectivity index (χ4v) is 4.53. The lowest BCUT2D eigenvalue weighted by Crippen LogP contribution is -2.57. The Morgan fingerprint density at radius 1 is 1.15 bits per heavy atom. The van der Waals surface area contributed by atoms with E-state index >= 15 is 0 Å². The number of alkyl halides is 3. The highest BCUT2D eigenvalue weighted by Crippen LogP contribution is 2.41. The predicted molar refractivity (Wildman–Crippen MR) is 117 cm³/mol. The van der Waals surface area contributed by atoms with Gasteiger partial charge in [-0.05, 0) is 43.9 Å². The van der Waals surface area contributed by atoms with Crippen molar-refractivity contribution in [2.75, 3.05) is 16.8 Å². The van der Waals surface area contributed by atoms with Crippen molar-refractivity contribution in [2.24, 2.45) is 0 Å². The zero-order valence-electron chi connectivity index (χ0n) is 18.6. The molecule has 11 heteroatoms. The molecule has 1 aliphatic carbocycles. The number of benzene rings is 1. The molecule has 0 N–H and O–H groups in total. The lowest BCUT2D eigenvalue weighted by Gasteiger charge is -2.47. The Bertz CT molecular complexity index is 1250. The van der Waals surface area contributed by atoms with E-state index in [0.717, 1.165) is 31.4 Å². The van der Waals surface area contributed by atoms with E-state index in [4.69, 9.17) is 4.98 Å². The summed E-state index contributed by atoms with van der Waals surface area (Å²) in [6.07, 6.45) is 3.32. The maximum atomic E-state index is 14.0. The van der Waals surface area contributed by atoms with Gasteiger partial charge in [-0.25, -0.2) is 14.4 Å². The van der Waals surface area contributed by atoms with E-state index in [1.54, 1.807) is 11.9 Å². The molecule has 0 bridgehead atoms. The summed E-state index contributed by atoms with van der Waals surface area (Å²) in [5.41, 5.74) is -0.587. The van der Waals surface area contributed by atoms with Crippen molar-refractivity contribution < 1.29 is 22.4 Å². The second-order valence-electron chi connectivity index (χ2n) is 8.54. The van der Waals surface area contributed by atoms with E-state index in [0.29, 0.717) is 24.0 Å². The van der Waals surface area contributed by atoms with E-state index in [1.807, 2.05) is 11.8 Å². The van der Waals surface area contributed by atoms with Gasteiger partial charge in [0.05, 0.1) is 11.8 Å². The normalized spacial score (nSPS) is 18.8. The Balaban J connectivity index is 1.62. The summed E-state index contributed by atoms with van der Waals surface area (Å²) in [6, 6.07) is 2.11. The minimum absolute atomic E-state index is 0.0268. The van der Waals surface area contributed by atoms with Crippen LogP contribution in [0.3, 0.4) is 0 Å². The smallest absolute Gasteiger partial charge is 0.340 e. The quantitative estimate of drug-likeness (QED) is 0.517. The zero-order valence-corrected chi connectivity index (χ0v) is 18.6. The standard InChI is InChI=1S/C23H22F4N6O/c1-3-17-21(34)31(2)18-12-29-22(30-20(18)33(17)16-5-4-6-16)32-8-7-28-19(32)13-9-14(23(25,26)27)11-15(24)10-13/h7-12,16-17H,3-6H2,1-2H3/t17-/m1/s1. The molecule has 3 aromatic rings. The Hall–Kier alpha value is -3.50. The first kappa shape index (κ1) is 22.3. The van der Waals surface area contributed by atoms with Gasteiger partial charge >= 0.3 is 6.18 Å². The Morgan fingerprint density at radius 3 is 2.56 bits per heavy atom. The van der Waals surface area contributed by atoms with Crippen molar-refractivity contribution in [1.29, 1.82) is 0 Å². The average molecular weight is 474 g/mol. The van der Waals surface area contributed by atoms with E-state index in [1.165, 1.54) is 23.2 Å². The second kappa shape index (κ2) is 8.07. The molecule has 5 rings (SSSR count). The molecule has 1 amide bonds. The Labute approximate surface area is 193 Å². The molecule has 1 aromatic carbocycles. The summed E-state index contributed by atoms with van der Waals surface area (Å²) in [5.74, 6) is -0.203. The molecular weight excluding hydrogens is 452 g/mol. The monoisotopic (exact) mass is 474 g/mol. The first-order chi connectivity index (χ1) is 16.2. The minimum atomic E-state index is -4.70. The van der Waals surface area contributed by atoms with Crippen LogP contribution in [0.4, 0.5) is 29.1 Å². The third-order valence-corrected chi connectivity index (χ3v) is 6.49. The van der Waals surface area contributed by atoms with Gasteiger partial charge in [0.2, 0.25) is 11.9 Å². The van der Waals surface area contributed by atoms with Crippen LogP contribution in [-0.4, -0.2) is 44.6 Å². The number of hydrogen-bond donors (Lipinski definition) is 0.